The molecule has 0 bridgehead atoms. The number of rotatable bonds is 4. The first-order chi connectivity index (χ1) is 7.16. The molecule has 3 nitrogen and oxygen atoms in total. The molecule has 0 amide bonds. The molecule has 4 heteroatoms. The third kappa shape index (κ3) is 3.16. The van der Waals surface area contributed by atoms with Crippen molar-refractivity contribution in [2.24, 2.45) is 0 Å². The van der Waals surface area contributed by atoms with Crippen molar-refractivity contribution in [1.82, 2.24) is 0 Å². The Labute approximate surface area is 91.9 Å². The van der Waals surface area contributed by atoms with Crippen LogP contribution in [-0.4, -0.2) is 22.0 Å². The molecule has 0 heterocycles. The minimum absolute atomic E-state index is 0.315. The third-order valence-corrected chi connectivity index (χ3v) is 3.49. The van der Waals surface area contributed by atoms with Gasteiger partial charge in [0, 0.05) is 4.90 Å². The second-order valence-corrected chi connectivity index (χ2v) is 4.78. The van der Waals surface area contributed by atoms with E-state index in [2.05, 4.69) is 0 Å². The van der Waals surface area contributed by atoms with Gasteiger partial charge < -0.3 is 4.74 Å². The molecule has 0 spiro atoms. The van der Waals surface area contributed by atoms with Crippen molar-refractivity contribution in [3.8, 4) is 0 Å². The first kappa shape index (κ1) is 11.9. The van der Waals surface area contributed by atoms with Gasteiger partial charge in [-0.2, -0.15) is 0 Å². The minimum Gasteiger partial charge on any atom is -0.465 e. The van der Waals surface area contributed by atoms with E-state index in [9.17, 15) is 9.00 Å². The van der Waals surface area contributed by atoms with Gasteiger partial charge in [-0.3, -0.25) is 9.00 Å². The molecule has 0 fully saturated rings. The topological polar surface area (TPSA) is 43.4 Å². The smallest absolute Gasteiger partial charge is 0.321 e. The highest BCUT2D eigenvalue weighted by atomic mass is 32.2. The Kier molecular flexibility index (Phi) is 4.49. The summed E-state index contributed by atoms with van der Waals surface area (Å²) in [6, 6.07) is 8.92. The Morgan fingerprint density at radius 3 is 2.53 bits per heavy atom. The van der Waals surface area contributed by atoms with Gasteiger partial charge in [0.15, 0.2) is 0 Å². The Hall–Kier alpha value is -1.16. The van der Waals surface area contributed by atoms with E-state index in [1.165, 1.54) is 0 Å². The van der Waals surface area contributed by atoms with Crippen LogP contribution in [0.3, 0.4) is 0 Å². The maximum atomic E-state index is 11.9. The average Bonchev–Trinajstić information content (AvgIpc) is 2.28. The maximum Gasteiger partial charge on any atom is 0.321 e. The Morgan fingerprint density at radius 1 is 1.40 bits per heavy atom. The van der Waals surface area contributed by atoms with Crippen molar-refractivity contribution in [2.75, 3.05) is 6.61 Å². The van der Waals surface area contributed by atoms with E-state index in [-0.39, 0.29) is 0 Å². The van der Waals surface area contributed by atoms with Gasteiger partial charge in [-0.15, -0.1) is 0 Å². The van der Waals surface area contributed by atoms with Gasteiger partial charge in [0.2, 0.25) is 0 Å². The molecule has 0 radical (unpaired) electrons. The predicted octanol–water partition coefficient (Wildman–Crippen LogP) is 1.75. The van der Waals surface area contributed by atoms with Crippen LogP contribution in [0.15, 0.2) is 35.2 Å². The van der Waals surface area contributed by atoms with Gasteiger partial charge >= 0.3 is 5.97 Å². The lowest BCUT2D eigenvalue weighted by molar-refractivity contribution is -0.142. The van der Waals surface area contributed by atoms with Crippen molar-refractivity contribution in [3.63, 3.8) is 0 Å². The van der Waals surface area contributed by atoms with E-state index in [0.717, 1.165) is 0 Å². The van der Waals surface area contributed by atoms with Gasteiger partial charge in [-0.25, -0.2) is 0 Å². The molecular formula is C11H14O3S. The van der Waals surface area contributed by atoms with Gasteiger partial charge in [0.1, 0.15) is 5.25 Å². The SMILES string of the molecule is CCO[13C](=O)[13CH]([13CH3])S(=O)c1ccccc1. The molecule has 0 aromatic heterocycles. The van der Waals surface area contributed by atoms with Crippen LogP contribution in [0, 0.1) is 0 Å². The highest BCUT2D eigenvalue weighted by Crippen LogP contribution is 2.11. The van der Waals surface area contributed by atoms with Crippen LogP contribution in [0.1, 0.15) is 13.8 Å². The largest absolute Gasteiger partial charge is 0.465 e. The fourth-order valence-corrected chi connectivity index (χ4v) is 2.18. The Morgan fingerprint density at radius 2 is 2.00 bits per heavy atom. The number of ether oxygens (including phenoxy) is 1. The molecule has 0 aliphatic rings. The molecule has 82 valence electrons. The summed E-state index contributed by atoms with van der Waals surface area (Å²) < 4.78 is 16.7. The van der Waals surface area contributed by atoms with E-state index in [0.29, 0.717) is 11.5 Å². The first-order valence-corrected chi connectivity index (χ1v) is 6.00. The molecule has 1 rings (SSSR count). The van der Waals surface area contributed by atoms with Gasteiger partial charge in [0.25, 0.3) is 0 Å². The lowest BCUT2D eigenvalue weighted by Crippen LogP contribution is -2.24. The molecule has 15 heavy (non-hydrogen) atoms. The molecule has 0 aliphatic heterocycles. The molecule has 0 saturated carbocycles. The van der Waals surface area contributed by atoms with Gasteiger partial charge in [0.05, 0.1) is 17.4 Å². The normalized spacial score (nSPS) is 14.3. The fourth-order valence-electron chi connectivity index (χ4n) is 1.11. The van der Waals surface area contributed by atoms with Crippen molar-refractivity contribution >= 4 is 16.8 Å². The van der Waals surface area contributed by atoms with E-state index >= 15 is 0 Å². The van der Waals surface area contributed by atoms with Crippen molar-refractivity contribution in [1.29, 1.82) is 0 Å². The van der Waals surface area contributed by atoms with E-state index in [1.54, 1.807) is 38.1 Å². The lowest BCUT2D eigenvalue weighted by atomic mass is 10.4. The summed E-state index contributed by atoms with van der Waals surface area (Å²) in [5, 5.41) is -0.618. The summed E-state index contributed by atoms with van der Waals surface area (Å²) in [5.41, 5.74) is 0. The van der Waals surface area contributed by atoms with Crippen molar-refractivity contribution in [2.45, 2.75) is 24.0 Å². The zero-order chi connectivity index (χ0) is 11.3. The summed E-state index contributed by atoms with van der Waals surface area (Å²) in [4.78, 5) is 12.0. The molecule has 2 unspecified atom stereocenters. The summed E-state index contributed by atoms with van der Waals surface area (Å²) in [5.74, 6) is -0.417. The second kappa shape index (κ2) is 5.66. The monoisotopic (exact) mass is 229 g/mol. The maximum absolute atomic E-state index is 11.9. The number of hydrogen-bond acceptors (Lipinski definition) is 3. The summed E-state index contributed by atoms with van der Waals surface area (Å²) in [6.45, 7) is 3.66. The Bertz CT molecular complexity index is 348. The van der Waals surface area contributed by atoms with Crippen LogP contribution < -0.4 is 0 Å². The zero-order valence-electron chi connectivity index (χ0n) is 8.80. The lowest BCUT2D eigenvalue weighted by Gasteiger charge is -2.09. The van der Waals surface area contributed by atoms with Crippen LogP contribution in [0.5, 0.6) is 0 Å². The molecule has 1 aromatic rings. The molecule has 0 saturated heterocycles. The highest BCUT2D eigenvalue weighted by molar-refractivity contribution is 7.86. The number of carbonyl (C=O) groups is 1. The van der Waals surface area contributed by atoms with E-state index in [4.69, 9.17) is 4.74 Å². The summed E-state index contributed by atoms with van der Waals surface area (Å²) >= 11 is 0. The number of benzene rings is 1. The molecule has 0 aliphatic carbocycles. The van der Waals surface area contributed by atoms with Crippen molar-refractivity contribution in [3.05, 3.63) is 30.3 Å². The number of carbonyl (C=O) groups excluding carboxylic acids is 1. The van der Waals surface area contributed by atoms with Crippen LogP contribution >= 0.6 is 0 Å². The second-order valence-electron chi connectivity index (χ2n) is 3.00. The third-order valence-electron chi connectivity index (χ3n) is 1.92. The van der Waals surface area contributed by atoms with Crippen LogP contribution in [0.2, 0.25) is 0 Å². The van der Waals surface area contributed by atoms with Gasteiger partial charge in [-0.05, 0) is 26.0 Å². The Balaban J connectivity index is 2.73. The van der Waals surface area contributed by atoms with Crippen LogP contribution in [-0.2, 0) is 20.3 Å². The zero-order valence-corrected chi connectivity index (χ0v) is 9.62. The molecule has 0 N–H and O–H groups in total. The highest BCUT2D eigenvalue weighted by Gasteiger charge is 2.22. The van der Waals surface area contributed by atoms with Crippen LogP contribution in [0.4, 0.5) is 0 Å². The molecule has 2 atom stereocenters. The average molecular weight is 229 g/mol. The standard InChI is InChI=1S/C11H14O3S/c1-3-14-11(12)9(2)15(13)10-7-5-4-6-8-10/h4-9H,3H2,1-2H3/i2+1,9+1,11+1. The summed E-state index contributed by atoms with van der Waals surface area (Å²) in [6.07, 6.45) is 0. The first-order valence-electron chi connectivity index (χ1n) is 4.79. The van der Waals surface area contributed by atoms with Crippen molar-refractivity contribution < 1.29 is 13.7 Å². The van der Waals surface area contributed by atoms with E-state index < -0.39 is 22.0 Å². The molecule has 1 aromatic carbocycles. The summed E-state index contributed by atoms with van der Waals surface area (Å²) in [7, 11) is -1.33. The van der Waals surface area contributed by atoms with Crippen LogP contribution in [0.25, 0.3) is 0 Å². The number of esters is 1. The molecular weight excluding hydrogens is 215 g/mol. The predicted molar refractivity (Wildman–Crippen MR) is 58.9 cm³/mol. The van der Waals surface area contributed by atoms with Gasteiger partial charge in [-0.1, -0.05) is 18.2 Å². The quantitative estimate of drug-likeness (QED) is 0.583. The van der Waals surface area contributed by atoms with E-state index in [1.807, 2.05) is 6.07 Å². The number of hydrogen-bond donors (Lipinski definition) is 0. The fraction of sp³-hybridized carbons (Fsp3) is 0.364. The minimum atomic E-state index is -1.33.